The summed E-state index contributed by atoms with van der Waals surface area (Å²) in [4.78, 5) is 16.5. The van der Waals surface area contributed by atoms with Crippen LogP contribution in [0.25, 0.3) is 27.7 Å². The van der Waals surface area contributed by atoms with E-state index in [9.17, 15) is 4.79 Å². The zero-order valence-corrected chi connectivity index (χ0v) is 18.6. The van der Waals surface area contributed by atoms with Crippen LogP contribution in [0.1, 0.15) is 12.5 Å². The summed E-state index contributed by atoms with van der Waals surface area (Å²) in [6.45, 7) is 1.85. The second-order valence-electron chi connectivity index (χ2n) is 7.09. The molecule has 2 aromatic heterocycles. The van der Waals surface area contributed by atoms with Crippen LogP contribution in [-0.4, -0.2) is 25.1 Å². The highest BCUT2D eigenvalue weighted by molar-refractivity contribution is 6.32. The van der Waals surface area contributed by atoms with Crippen molar-refractivity contribution in [3.05, 3.63) is 77.8 Å². The molecule has 0 aliphatic carbocycles. The van der Waals surface area contributed by atoms with Crippen molar-refractivity contribution in [2.75, 3.05) is 19.5 Å². The van der Waals surface area contributed by atoms with Gasteiger partial charge in [-0.3, -0.25) is 4.79 Å². The number of allylic oxidation sites excluding steroid dienone is 1. The Hall–Kier alpha value is -3.77. The lowest BCUT2D eigenvalue weighted by molar-refractivity contribution is -0.111. The average molecular weight is 449 g/mol. The van der Waals surface area contributed by atoms with Crippen LogP contribution in [0.4, 0.5) is 5.69 Å². The molecule has 6 nitrogen and oxygen atoms in total. The number of halogens is 1. The van der Waals surface area contributed by atoms with Gasteiger partial charge in [0.25, 0.3) is 0 Å². The number of pyridine rings is 1. The van der Waals surface area contributed by atoms with E-state index in [-0.39, 0.29) is 11.1 Å². The molecule has 0 spiro atoms. The number of hydrogen-bond acceptors (Lipinski definition) is 5. The highest BCUT2D eigenvalue weighted by Crippen LogP contribution is 2.38. The molecule has 32 heavy (non-hydrogen) atoms. The smallest absolute Gasteiger partial charge is 0.248 e. The minimum absolute atomic E-state index is 0.229. The standard InChI is InChI=1S/C25H21ClN2O4/c1-15(10-24(29)28-21-8-5-9-27-25(21)26)18-12-19-20(14-32-23(19)13-22(18)31-3)16-6-4-7-17(11-16)30-2/h4-14H,1-3H3,(H,28,29)/b15-10+. The van der Waals surface area contributed by atoms with Crippen molar-refractivity contribution in [2.24, 2.45) is 0 Å². The molecular formula is C25H21ClN2O4. The molecule has 4 aromatic rings. The first-order valence-electron chi connectivity index (χ1n) is 9.84. The largest absolute Gasteiger partial charge is 0.497 e. The van der Waals surface area contributed by atoms with Gasteiger partial charge in [0.05, 0.1) is 26.2 Å². The molecule has 162 valence electrons. The van der Waals surface area contributed by atoms with Crippen molar-refractivity contribution in [2.45, 2.75) is 6.92 Å². The highest BCUT2D eigenvalue weighted by Gasteiger charge is 2.15. The number of amides is 1. The monoisotopic (exact) mass is 448 g/mol. The number of hydrogen-bond donors (Lipinski definition) is 1. The van der Waals surface area contributed by atoms with E-state index in [1.54, 1.807) is 38.8 Å². The number of methoxy groups -OCH3 is 2. The molecule has 7 heteroatoms. The summed E-state index contributed by atoms with van der Waals surface area (Å²) < 4.78 is 16.7. The molecule has 4 rings (SSSR count). The summed E-state index contributed by atoms with van der Waals surface area (Å²) in [6, 6.07) is 14.9. The first kappa shape index (κ1) is 21.5. The zero-order chi connectivity index (χ0) is 22.7. The molecule has 1 amide bonds. The van der Waals surface area contributed by atoms with E-state index in [4.69, 9.17) is 25.5 Å². The Morgan fingerprint density at radius 2 is 1.97 bits per heavy atom. The predicted molar refractivity (Wildman–Crippen MR) is 126 cm³/mol. The quantitative estimate of drug-likeness (QED) is 0.280. The van der Waals surface area contributed by atoms with E-state index in [0.29, 0.717) is 17.0 Å². The fraction of sp³-hybridized carbons (Fsp3) is 0.120. The number of nitrogens with one attached hydrogen (secondary N) is 1. The topological polar surface area (TPSA) is 73.6 Å². The van der Waals surface area contributed by atoms with E-state index >= 15 is 0 Å². The third kappa shape index (κ3) is 4.31. The minimum Gasteiger partial charge on any atom is -0.497 e. The maximum Gasteiger partial charge on any atom is 0.248 e. The lowest BCUT2D eigenvalue weighted by Gasteiger charge is -2.10. The van der Waals surface area contributed by atoms with Crippen molar-refractivity contribution in [3.63, 3.8) is 0 Å². The lowest BCUT2D eigenvalue weighted by atomic mass is 9.99. The molecular weight excluding hydrogens is 428 g/mol. The van der Waals surface area contributed by atoms with Gasteiger partial charge in [0.15, 0.2) is 5.15 Å². The van der Waals surface area contributed by atoms with E-state index in [1.165, 1.54) is 6.08 Å². The van der Waals surface area contributed by atoms with Gasteiger partial charge in [-0.15, -0.1) is 0 Å². The second-order valence-corrected chi connectivity index (χ2v) is 7.45. The Kier molecular flexibility index (Phi) is 6.14. The van der Waals surface area contributed by atoms with Crippen LogP contribution >= 0.6 is 11.6 Å². The maximum absolute atomic E-state index is 12.6. The molecule has 0 radical (unpaired) electrons. The molecule has 0 aliphatic heterocycles. The molecule has 0 aliphatic rings. The first-order chi connectivity index (χ1) is 15.5. The maximum atomic E-state index is 12.6. The average Bonchev–Trinajstić information content (AvgIpc) is 3.22. The zero-order valence-electron chi connectivity index (χ0n) is 17.8. The normalized spacial score (nSPS) is 11.4. The van der Waals surface area contributed by atoms with Gasteiger partial charge in [0.1, 0.15) is 17.1 Å². The van der Waals surface area contributed by atoms with Crippen LogP contribution in [0.3, 0.4) is 0 Å². The van der Waals surface area contributed by atoms with Crippen LogP contribution in [0.5, 0.6) is 11.5 Å². The summed E-state index contributed by atoms with van der Waals surface area (Å²) >= 11 is 6.03. The Morgan fingerprint density at radius 3 is 2.72 bits per heavy atom. The minimum atomic E-state index is -0.320. The number of fused-ring (bicyclic) bond motifs is 1. The van der Waals surface area contributed by atoms with Crippen molar-refractivity contribution in [1.82, 2.24) is 4.98 Å². The van der Waals surface area contributed by atoms with Crippen molar-refractivity contribution in [1.29, 1.82) is 0 Å². The molecule has 0 unspecified atom stereocenters. The summed E-state index contributed by atoms with van der Waals surface area (Å²) in [5.41, 5.74) is 4.51. The number of carbonyl (C=O) groups excluding carboxylic acids is 1. The van der Waals surface area contributed by atoms with Crippen molar-refractivity contribution < 1.29 is 18.7 Å². The summed E-state index contributed by atoms with van der Waals surface area (Å²) in [6.07, 6.45) is 4.76. The number of benzene rings is 2. The molecule has 0 atom stereocenters. The first-order valence-corrected chi connectivity index (χ1v) is 10.2. The molecule has 0 fully saturated rings. The summed E-state index contributed by atoms with van der Waals surface area (Å²) in [5, 5.41) is 3.88. The lowest BCUT2D eigenvalue weighted by Crippen LogP contribution is -2.09. The highest BCUT2D eigenvalue weighted by atomic mass is 35.5. The Bertz CT molecular complexity index is 1330. The van der Waals surface area contributed by atoms with Gasteiger partial charge < -0.3 is 19.2 Å². The molecule has 2 heterocycles. The van der Waals surface area contributed by atoms with Crippen LogP contribution in [0, 0.1) is 0 Å². The van der Waals surface area contributed by atoms with Crippen molar-refractivity contribution in [3.8, 4) is 22.6 Å². The predicted octanol–water partition coefficient (Wildman–Crippen LogP) is 6.21. The van der Waals surface area contributed by atoms with Gasteiger partial charge in [-0.1, -0.05) is 23.7 Å². The summed E-state index contributed by atoms with van der Waals surface area (Å²) in [7, 11) is 3.22. The molecule has 0 saturated heterocycles. The van der Waals surface area contributed by atoms with E-state index in [0.717, 1.165) is 33.4 Å². The second kappa shape index (κ2) is 9.16. The fourth-order valence-corrected chi connectivity index (χ4v) is 3.64. The van der Waals surface area contributed by atoms with E-state index in [1.807, 2.05) is 43.3 Å². The van der Waals surface area contributed by atoms with Crippen LogP contribution < -0.4 is 14.8 Å². The van der Waals surface area contributed by atoms with Gasteiger partial charge in [0, 0.05) is 34.9 Å². The number of rotatable bonds is 6. The number of nitrogens with zero attached hydrogens (tertiary/aromatic N) is 1. The molecule has 2 aromatic carbocycles. The number of aromatic nitrogens is 1. The third-order valence-electron chi connectivity index (χ3n) is 5.07. The number of anilines is 1. The van der Waals surface area contributed by atoms with Crippen molar-refractivity contribution >= 4 is 39.7 Å². The molecule has 0 saturated carbocycles. The van der Waals surface area contributed by atoms with Crippen LogP contribution in [0.2, 0.25) is 5.15 Å². The summed E-state index contributed by atoms with van der Waals surface area (Å²) in [5.74, 6) is 1.04. The molecule has 0 bridgehead atoms. The third-order valence-corrected chi connectivity index (χ3v) is 5.37. The van der Waals surface area contributed by atoms with Crippen LogP contribution in [0.15, 0.2) is 71.5 Å². The number of furan rings is 1. The Labute approximate surface area is 190 Å². The fourth-order valence-electron chi connectivity index (χ4n) is 3.47. The van der Waals surface area contributed by atoms with Gasteiger partial charge >= 0.3 is 0 Å². The Morgan fingerprint density at radius 1 is 1.12 bits per heavy atom. The van der Waals surface area contributed by atoms with Crippen LogP contribution in [-0.2, 0) is 4.79 Å². The number of carbonyl (C=O) groups is 1. The van der Waals surface area contributed by atoms with Gasteiger partial charge in [-0.2, -0.15) is 0 Å². The molecule has 1 N–H and O–H groups in total. The van der Waals surface area contributed by atoms with E-state index in [2.05, 4.69) is 10.3 Å². The van der Waals surface area contributed by atoms with Gasteiger partial charge in [-0.25, -0.2) is 4.98 Å². The SMILES string of the molecule is COc1cccc(-c2coc3cc(OC)c(/C(C)=C/C(=O)Nc4cccnc4Cl)cc23)c1. The number of ether oxygens (including phenoxy) is 2. The van der Waals surface area contributed by atoms with Gasteiger partial charge in [0.2, 0.25) is 5.91 Å². The van der Waals surface area contributed by atoms with Gasteiger partial charge in [-0.05, 0) is 48.4 Å². The Balaban J connectivity index is 1.73. The van der Waals surface area contributed by atoms with E-state index < -0.39 is 0 Å².